The highest BCUT2D eigenvalue weighted by atomic mass is 32.1. The van der Waals surface area contributed by atoms with Crippen LogP contribution in [0, 0.1) is 0 Å². The van der Waals surface area contributed by atoms with Gasteiger partial charge in [0.25, 0.3) is 5.91 Å². The SMILES string of the molecule is CC(=O)Nc1ccc(C(=O)N2CCN(C(=O)Cc3cccs3)CC2)cc1. The summed E-state index contributed by atoms with van der Waals surface area (Å²) in [7, 11) is 0. The normalized spacial score (nSPS) is 14.2. The number of rotatable bonds is 4. The third-order valence-corrected chi connectivity index (χ3v) is 5.15. The van der Waals surface area contributed by atoms with Crippen LogP contribution in [0.3, 0.4) is 0 Å². The minimum atomic E-state index is -0.146. The number of nitrogens with zero attached hydrogens (tertiary/aromatic N) is 2. The topological polar surface area (TPSA) is 69.7 Å². The molecule has 7 heteroatoms. The van der Waals surface area contributed by atoms with Crippen molar-refractivity contribution in [3.63, 3.8) is 0 Å². The number of carbonyl (C=O) groups is 3. The monoisotopic (exact) mass is 371 g/mol. The molecule has 136 valence electrons. The average molecular weight is 371 g/mol. The molecule has 0 bridgehead atoms. The van der Waals surface area contributed by atoms with Crippen LogP contribution in [0.5, 0.6) is 0 Å². The van der Waals surface area contributed by atoms with Gasteiger partial charge in [0.1, 0.15) is 0 Å². The van der Waals surface area contributed by atoms with E-state index in [-0.39, 0.29) is 17.7 Å². The summed E-state index contributed by atoms with van der Waals surface area (Å²) >= 11 is 1.58. The van der Waals surface area contributed by atoms with Gasteiger partial charge in [0.05, 0.1) is 6.42 Å². The van der Waals surface area contributed by atoms with Crippen LogP contribution >= 0.6 is 11.3 Å². The van der Waals surface area contributed by atoms with Gasteiger partial charge in [0.15, 0.2) is 0 Å². The van der Waals surface area contributed by atoms with E-state index in [1.54, 1.807) is 40.5 Å². The number of benzene rings is 1. The molecule has 0 radical (unpaired) electrons. The molecular formula is C19H21N3O3S. The Morgan fingerprint density at radius 3 is 2.23 bits per heavy atom. The molecule has 0 saturated carbocycles. The van der Waals surface area contributed by atoms with Crippen LogP contribution in [-0.4, -0.2) is 53.7 Å². The highest BCUT2D eigenvalue weighted by Gasteiger charge is 2.25. The second-order valence-electron chi connectivity index (χ2n) is 6.19. The third-order valence-electron chi connectivity index (χ3n) is 4.28. The van der Waals surface area contributed by atoms with Crippen LogP contribution in [0.25, 0.3) is 0 Å². The summed E-state index contributed by atoms with van der Waals surface area (Å²) in [6.07, 6.45) is 0.427. The zero-order chi connectivity index (χ0) is 18.5. The summed E-state index contributed by atoms with van der Waals surface area (Å²) in [5.41, 5.74) is 1.25. The molecule has 3 rings (SSSR count). The molecule has 0 unspecified atom stereocenters. The lowest BCUT2D eigenvalue weighted by Gasteiger charge is -2.34. The number of piperazine rings is 1. The molecule has 1 aromatic carbocycles. The number of carbonyl (C=O) groups excluding carboxylic acids is 3. The van der Waals surface area contributed by atoms with E-state index in [1.165, 1.54) is 6.92 Å². The van der Waals surface area contributed by atoms with Crippen LogP contribution in [0.1, 0.15) is 22.2 Å². The Balaban J connectivity index is 1.53. The van der Waals surface area contributed by atoms with Crippen molar-refractivity contribution in [1.29, 1.82) is 0 Å². The molecule has 0 aliphatic carbocycles. The van der Waals surface area contributed by atoms with Crippen LogP contribution in [0.15, 0.2) is 41.8 Å². The minimum Gasteiger partial charge on any atom is -0.339 e. The van der Waals surface area contributed by atoms with Crippen molar-refractivity contribution in [2.24, 2.45) is 0 Å². The second-order valence-corrected chi connectivity index (χ2v) is 7.22. The maximum Gasteiger partial charge on any atom is 0.253 e. The first-order valence-electron chi connectivity index (χ1n) is 8.50. The van der Waals surface area contributed by atoms with Crippen molar-refractivity contribution in [3.8, 4) is 0 Å². The first kappa shape index (κ1) is 18.1. The lowest BCUT2D eigenvalue weighted by Crippen LogP contribution is -2.50. The van der Waals surface area contributed by atoms with E-state index < -0.39 is 0 Å². The molecule has 6 nitrogen and oxygen atoms in total. The molecule has 1 N–H and O–H groups in total. The molecule has 1 aromatic heterocycles. The fourth-order valence-electron chi connectivity index (χ4n) is 2.91. The summed E-state index contributed by atoms with van der Waals surface area (Å²) in [6, 6.07) is 10.8. The second kappa shape index (κ2) is 8.14. The van der Waals surface area contributed by atoms with Crippen molar-refractivity contribution in [3.05, 3.63) is 52.2 Å². The zero-order valence-corrected chi connectivity index (χ0v) is 15.4. The predicted octanol–water partition coefficient (Wildman–Crippen LogP) is 2.23. The van der Waals surface area contributed by atoms with Gasteiger partial charge in [0.2, 0.25) is 11.8 Å². The van der Waals surface area contributed by atoms with E-state index in [0.717, 1.165) is 4.88 Å². The summed E-state index contributed by atoms with van der Waals surface area (Å²) in [6.45, 7) is 3.61. The molecule has 1 aliphatic heterocycles. The van der Waals surface area contributed by atoms with Crippen LogP contribution in [0.4, 0.5) is 5.69 Å². The first-order chi connectivity index (χ1) is 12.5. The number of nitrogens with one attached hydrogen (secondary N) is 1. The van der Waals surface area contributed by atoms with Crippen molar-refractivity contribution in [2.75, 3.05) is 31.5 Å². The predicted molar refractivity (Wildman–Crippen MR) is 101 cm³/mol. The quantitative estimate of drug-likeness (QED) is 0.896. The standard InChI is InChI=1S/C19H21N3O3S/c1-14(23)20-16-6-4-15(5-7-16)19(25)22-10-8-21(9-11-22)18(24)13-17-3-2-12-26-17/h2-7,12H,8-11,13H2,1H3,(H,20,23). The van der Waals surface area contributed by atoms with E-state index in [0.29, 0.717) is 43.9 Å². The van der Waals surface area contributed by atoms with Crippen LogP contribution in [0.2, 0.25) is 0 Å². The van der Waals surface area contributed by atoms with Crippen molar-refractivity contribution in [2.45, 2.75) is 13.3 Å². The van der Waals surface area contributed by atoms with Gasteiger partial charge in [-0.15, -0.1) is 11.3 Å². The van der Waals surface area contributed by atoms with Crippen molar-refractivity contribution in [1.82, 2.24) is 9.80 Å². The summed E-state index contributed by atoms with van der Waals surface area (Å²) in [4.78, 5) is 40.6. The van der Waals surface area contributed by atoms with Gasteiger partial charge in [-0.05, 0) is 35.7 Å². The Morgan fingerprint density at radius 1 is 1.00 bits per heavy atom. The number of anilines is 1. The fraction of sp³-hybridized carbons (Fsp3) is 0.316. The first-order valence-corrected chi connectivity index (χ1v) is 9.38. The highest BCUT2D eigenvalue weighted by molar-refractivity contribution is 7.10. The van der Waals surface area contributed by atoms with E-state index in [4.69, 9.17) is 0 Å². The average Bonchev–Trinajstić information content (AvgIpc) is 3.14. The number of hydrogen-bond acceptors (Lipinski definition) is 4. The van der Waals surface area contributed by atoms with Gasteiger partial charge in [-0.25, -0.2) is 0 Å². The highest BCUT2D eigenvalue weighted by Crippen LogP contribution is 2.15. The molecular weight excluding hydrogens is 350 g/mol. The van der Waals surface area contributed by atoms with Crippen molar-refractivity contribution >= 4 is 34.7 Å². The third kappa shape index (κ3) is 4.49. The summed E-state index contributed by atoms with van der Waals surface area (Å²) < 4.78 is 0. The lowest BCUT2D eigenvalue weighted by molar-refractivity contribution is -0.131. The molecule has 3 amide bonds. The van der Waals surface area contributed by atoms with Gasteiger partial charge in [-0.2, -0.15) is 0 Å². The maximum absolute atomic E-state index is 12.6. The Bertz CT molecular complexity index is 779. The van der Waals surface area contributed by atoms with Gasteiger partial charge < -0.3 is 15.1 Å². The molecule has 26 heavy (non-hydrogen) atoms. The van der Waals surface area contributed by atoms with Gasteiger partial charge in [-0.3, -0.25) is 14.4 Å². The van der Waals surface area contributed by atoms with Gasteiger partial charge >= 0.3 is 0 Å². The number of hydrogen-bond donors (Lipinski definition) is 1. The zero-order valence-electron chi connectivity index (χ0n) is 14.6. The molecule has 1 saturated heterocycles. The summed E-state index contributed by atoms with van der Waals surface area (Å²) in [5.74, 6) is -0.0867. The Morgan fingerprint density at radius 2 is 1.65 bits per heavy atom. The van der Waals surface area contributed by atoms with E-state index >= 15 is 0 Å². The van der Waals surface area contributed by atoms with E-state index in [2.05, 4.69) is 5.32 Å². The Kier molecular flexibility index (Phi) is 5.68. The van der Waals surface area contributed by atoms with Crippen molar-refractivity contribution < 1.29 is 14.4 Å². The number of amides is 3. The largest absolute Gasteiger partial charge is 0.339 e. The van der Waals surface area contributed by atoms with Crippen LogP contribution in [-0.2, 0) is 16.0 Å². The van der Waals surface area contributed by atoms with Gasteiger partial charge in [0, 0.05) is 49.2 Å². The maximum atomic E-state index is 12.6. The molecule has 1 aliphatic rings. The molecule has 0 spiro atoms. The fourth-order valence-corrected chi connectivity index (χ4v) is 3.61. The lowest BCUT2D eigenvalue weighted by atomic mass is 10.1. The van der Waals surface area contributed by atoms with Crippen LogP contribution < -0.4 is 5.32 Å². The molecule has 2 heterocycles. The Hall–Kier alpha value is -2.67. The van der Waals surface area contributed by atoms with E-state index in [1.807, 2.05) is 22.4 Å². The van der Waals surface area contributed by atoms with E-state index in [9.17, 15) is 14.4 Å². The van der Waals surface area contributed by atoms with Gasteiger partial charge in [-0.1, -0.05) is 6.07 Å². The Labute approximate surface area is 156 Å². The minimum absolute atomic E-state index is 0.0512. The summed E-state index contributed by atoms with van der Waals surface area (Å²) in [5, 5.41) is 4.65. The number of thiophene rings is 1. The molecule has 1 fully saturated rings. The smallest absolute Gasteiger partial charge is 0.253 e. The molecule has 0 atom stereocenters. The molecule has 2 aromatic rings.